The molecule has 0 N–H and O–H groups in total. The van der Waals surface area contributed by atoms with Crippen molar-refractivity contribution in [2.45, 2.75) is 19.5 Å². The molecule has 0 unspecified atom stereocenters. The van der Waals surface area contributed by atoms with E-state index in [1.807, 2.05) is 0 Å². The Bertz CT molecular complexity index is 564. The van der Waals surface area contributed by atoms with Crippen LogP contribution in [0.2, 0.25) is 0 Å². The van der Waals surface area contributed by atoms with Gasteiger partial charge in [-0.3, -0.25) is 20.2 Å². The molecule has 0 spiro atoms. The Labute approximate surface area is 108 Å². The fraction of sp³-hybridized carbons (Fsp3) is 0.333. The molecule has 0 saturated heterocycles. The van der Waals surface area contributed by atoms with Crippen molar-refractivity contribution in [1.82, 2.24) is 0 Å². The van der Waals surface area contributed by atoms with Gasteiger partial charge in [0.2, 0.25) is 5.75 Å². The summed E-state index contributed by atoms with van der Waals surface area (Å²) in [6.07, 6.45) is -9.16. The quantitative estimate of drug-likeness (QED) is 0.473. The van der Waals surface area contributed by atoms with Gasteiger partial charge in [0.1, 0.15) is 0 Å². The molecule has 1 aromatic rings. The fourth-order valence-electron chi connectivity index (χ4n) is 1.29. The summed E-state index contributed by atoms with van der Waals surface area (Å²) in [5.74, 6) is -1.15. The highest BCUT2D eigenvalue weighted by atomic mass is 19.3. The predicted octanol–water partition coefficient (Wildman–Crippen LogP) is 3.05. The number of nitrogens with zero attached hydrogens (tertiary/aromatic N) is 2. The third-order valence-electron chi connectivity index (χ3n) is 2.14. The number of benzene rings is 1. The van der Waals surface area contributed by atoms with Crippen LogP contribution in [0.25, 0.3) is 0 Å². The van der Waals surface area contributed by atoms with E-state index in [-0.39, 0.29) is 0 Å². The van der Waals surface area contributed by atoms with Crippen LogP contribution >= 0.6 is 0 Å². The number of nitro groups is 2. The van der Waals surface area contributed by atoms with Crippen LogP contribution in [0, 0.1) is 27.2 Å². The zero-order valence-electron chi connectivity index (χ0n) is 9.68. The first-order valence-corrected chi connectivity index (χ1v) is 4.84. The fourth-order valence-corrected chi connectivity index (χ4v) is 1.29. The second kappa shape index (κ2) is 5.27. The monoisotopic (exact) mass is 298 g/mol. The van der Waals surface area contributed by atoms with E-state index in [0.717, 1.165) is 6.92 Å². The highest BCUT2D eigenvalue weighted by molar-refractivity contribution is 5.58. The van der Waals surface area contributed by atoms with E-state index in [1.165, 1.54) is 0 Å². The van der Waals surface area contributed by atoms with Crippen molar-refractivity contribution in [3.05, 3.63) is 37.9 Å². The number of hydrogen-bond donors (Lipinski definition) is 0. The first-order chi connectivity index (χ1) is 9.06. The van der Waals surface area contributed by atoms with Gasteiger partial charge in [0.05, 0.1) is 15.9 Å². The predicted molar refractivity (Wildman–Crippen MR) is 56.1 cm³/mol. The highest BCUT2D eigenvalue weighted by Gasteiger charge is 2.46. The smallest absolute Gasteiger partial charge is 0.421 e. The zero-order valence-corrected chi connectivity index (χ0v) is 9.68. The Morgan fingerprint density at radius 1 is 1.20 bits per heavy atom. The van der Waals surface area contributed by atoms with E-state index >= 15 is 0 Å². The molecular formula is C9H6F4N2O5. The summed E-state index contributed by atoms with van der Waals surface area (Å²) in [5.41, 5.74) is -2.38. The summed E-state index contributed by atoms with van der Waals surface area (Å²) >= 11 is 0. The molecule has 0 aliphatic carbocycles. The summed E-state index contributed by atoms with van der Waals surface area (Å²) in [6, 6.07) is 1.05. The second-order valence-electron chi connectivity index (χ2n) is 3.59. The van der Waals surface area contributed by atoms with Gasteiger partial charge in [0.15, 0.2) is 0 Å². The molecule has 1 aromatic carbocycles. The van der Waals surface area contributed by atoms with Gasteiger partial charge < -0.3 is 4.74 Å². The molecule has 0 aliphatic rings. The molecule has 0 bridgehead atoms. The number of nitro benzene ring substituents is 2. The lowest BCUT2D eigenvalue weighted by molar-refractivity contribution is -0.396. The van der Waals surface area contributed by atoms with Crippen molar-refractivity contribution >= 4 is 11.4 Å². The molecule has 110 valence electrons. The maximum Gasteiger partial charge on any atom is 0.461 e. The van der Waals surface area contributed by atoms with Gasteiger partial charge in [-0.2, -0.15) is 17.6 Å². The summed E-state index contributed by atoms with van der Waals surface area (Å²) in [5, 5.41) is 21.2. The Kier molecular flexibility index (Phi) is 4.11. The number of rotatable bonds is 5. The Balaban J connectivity index is 3.39. The maximum absolute atomic E-state index is 12.8. The van der Waals surface area contributed by atoms with E-state index in [4.69, 9.17) is 0 Å². The van der Waals surface area contributed by atoms with Crippen LogP contribution in [0.4, 0.5) is 28.9 Å². The molecule has 0 fully saturated rings. The van der Waals surface area contributed by atoms with Gasteiger partial charge in [-0.1, -0.05) is 0 Å². The van der Waals surface area contributed by atoms with Gasteiger partial charge in [-0.15, -0.1) is 0 Å². The minimum atomic E-state index is -4.95. The summed E-state index contributed by atoms with van der Waals surface area (Å²) < 4.78 is 53.3. The Morgan fingerprint density at radius 2 is 1.75 bits per heavy atom. The van der Waals surface area contributed by atoms with Crippen molar-refractivity contribution in [2.24, 2.45) is 0 Å². The van der Waals surface area contributed by atoms with E-state index in [2.05, 4.69) is 4.74 Å². The van der Waals surface area contributed by atoms with Crippen molar-refractivity contribution in [1.29, 1.82) is 0 Å². The highest BCUT2D eigenvalue weighted by Crippen LogP contribution is 2.39. The zero-order chi connectivity index (χ0) is 15.7. The first kappa shape index (κ1) is 15.6. The van der Waals surface area contributed by atoms with Gasteiger partial charge in [-0.25, -0.2) is 0 Å². The molecule has 7 nitrogen and oxygen atoms in total. The van der Waals surface area contributed by atoms with Crippen molar-refractivity contribution < 1.29 is 32.1 Å². The minimum Gasteiger partial charge on any atom is -0.421 e. The number of alkyl halides is 4. The third-order valence-corrected chi connectivity index (χ3v) is 2.14. The minimum absolute atomic E-state index is 0.351. The number of hydrogen-bond acceptors (Lipinski definition) is 5. The van der Waals surface area contributed by atoms with Crippen LogP contribution in [0.3, 0.4) is 0 Å². The average molecular weight is 298 g/mol. The number of halogens is 4. The van der Waals surface area contributed by atoms with Crippen LogP contribution < -0.4 is 4.74 Å². The summed E-state index contributed by atoms with van der Waals surface area (Å²) in [4.78, 5) is 19.0. The molecule has 0 atom stereocenters. The Hall–Kier alpha value is -2.46. The van der Waals surface area contributed by atoms with Gasteiger partial charge in [-0.05, 0) is 6.92 Å². The molecule has 0 aliphatic heterocycles. The summed E-state index contributed by atoms with van der Waals surface area (Å²) in [7, 11) is 0. The van der Waals surface area contributed by atoms with Crippen LogP contribution in [0.15, 0.2) is 12.1 Å². The third kappa shape index (κ3) is 3.10. The van der Waals surface area contributed by atoms with Crippen LogP contribution in [0.5, 0.6) is 5.75 Å². The molecule has 0 heterocycles. The lowest BCUT2D eigenvalue weighted by atomic mass is 10.1. The summed E-state index contributed by atoms with van der Waals surface area (Å²) in [6.45, 7) is 0.983. The maximum atomic E-state index is 12.8. The number of aryl methyl sites for hydroxylation is 1. The van der Waals surface area contributed by atoms with E-state index in [9.17, 15) is 37.8 Å². The molecule has 0 radical (unpaired) electrons. The van der Waals surface area contributed by atoms with E-state index < -0.39 is 45.1 Å². The van der Waals surface area contributed by atoms with E-state index in [1.54, 1.807) is 0 Å². The van der Waals surface area contributed by atoms with Crippen molar-refractivity contribution in [3.8, 4) is 5.75 Å². The number of ether oxygens (including phenoxy) is 1. The molecule has 0 saturated carbocycles. The lowest BCUT2D eigenvalue weighted by Crippen LogP contribution is -2.34. The SMILES string of the molecule is Cc1cc([N+](=O)[O-])cc([N+](=O)[O-])c1OC(F)(F)C(F)F. The molecule has 0 amide bonds. The standard InChI is InChI=1S/C9H6F4N2O5/c1-4-2-5(14(16)17)3-6(15(18)19)7(4)20-9(12,13)8(10)11/h2-3,8H,1H3. The van der Waals surface area contributed by atoms with Gasteiger partial charge >= 0.3 is 18.2 Å². The average Bonchev–Trinajstić information content (AvgIpc) is 2.30. The largest absolute Gasteiger partial charge is 0.461 e. The Morgan fingerprint density at radius 3 is 2.15 bits per heavy atom. The van der Waals surface area contributed by atoms with Gasteiger partial charge in [0.25, 0.3) is 5.69 Å². The van der Waals surface area contributed by atoms with Crippen LogP contribution in [-0.4, -0.2) is 22.4 Å². The van der Waals surface area contributed by atoms with Crippen molar-refractivity contribution in [2.75, 3.05) is 0 Å². The van der Waals surface area contributed by atoms with Crippen LogP contribution in [-0.2, 0) is 0 Å². The normalized spacial score (nSPS) is 11.5. The van der Waals surface area contributed by atoms with E-state index in [0.29, 0.717) is 12.1 Å². The lowest BCUT2D eigenvalue weighted by Gasteiger charge is -2.17. The number of non-ortho nitro benzene ring substituents is 1. The van der Waals surface area contributed by atoms with Crippen molar-refractivity contribution in [3.63, 3.8) is 0 Å². The topological polar surface area (TPSA) is 95.5 Å². The molecule has 1 rings (SSSR count). The first-order valence-electron chi connectivity index (χ1n) is 4.84. The van der Waals surface area contributed by atoms with Crippen LogP contribution in [0.1, 0.15) is 5.56 Å². The molecule has 0 aromatic heterocycles. The molecule has 20 heavy (non-hydrogen) atoms. The molecule has 11 heteroatoms. The second-order valence-corrected chi connectivity index (χ2v) is 3.59. The molecular weight excluding hydrogens is 292 g/mol. The van der Waals surface area contributed by atoms with Gasteiger partial charge in [0, 0.05) is 11.6 Å².